The number of aromatic amines is 1. The van der Waals surface area contributed by atoms with E-state index in [0.29, 0.717) is 0 Å². The molecule has 2 aromatic carbocycles. The van der Waals surface area contributed by atoms with E-state index in [1.54, 1.807) is 23.9 Å². The first-order chi connectivity index (χ1) is 9.63. The van der Waals surface area contributed by atoms with E-state index in [-0.39, 0.29) is 5.56 Å². The van der Waals surface area contributed by atoms with Gasteiger partial charge in [0.05, 0.1) is 10.6 Å². The van der Waals surface area contributed by atoms with E-state index in [9.17, 15) is 4.79 Å². The molecule has 2 N–H and O–H groups in total. The number of para-hydroxylation sites is 1. The van der Waals surface area contributed by atoms with Crippen LogP contribution in [0.5, 0.6) is 0 Å². The summed E-state index contributed by atoms with van der Waals surface area (Å²) in [7, 11) is 0. The summed E-state index contributed by atoms with van der Waals surface area (Å²) < 4.78 is 0.779. The van der Waals surface area contributed by atoms with E-state index in [1.165, 1.54) is 0 Å². The predicted octanol–water partition coefficient (Wildman–Crippen LogP) is 4.78. The highest BCUT2D eigenvalue weighted by Gasteiger charge is 2.09. The molecule has 0 aliphatic heterocycles. The lowest BCUT2D eigenvalue weighted by molar-refractivity contribution is 0.0696. The van der Waals surface area contributed by atoms with Gasteiger partial charge in [0, 0.05) is 20.3 Å². The Morgan fingerprint density at radius 2 is 1.95 bits per heavy atom. The molecule has 3 aromatic rings. The molecule has 0 spiro atoms. The summed E-state index contributed by atoms with van der Waals surface area (Å²) in [4.78, 5) is 15.2. The summed E-state index contributed by atoms with van der Waals surface area (Å²) >= 11 is 4.98. The number of carboxylic acid groups (broad SMARTS) is 1. The van der Waals surface area contributed by atoms with Crippen molar-refractivity contribution >= 4 is 44.6 Å². The van der Waals surface area contributed by atoms with Crippen LogP contribution in [0.15, 0.2) is 62.9 Å². The quantitative estimate of drug-likeness (QED) is 0.716. The van der Waals surface area contributed by atoms with E-state index < -0.39 is 5.97 Å². The van der Waals surface area contributed by atoms with Crippen LogP contribution >= 0.6 is 27.7 Å². The minimum absolute atomic E-state index is 0.276. The molecule has 100 valence electrons. The molecule has 0 bridgehead atoms. The van der Waals surface area contributed by atoms with Crippen LogP contribution in [0.1, 0.15) is 10.4 Å². The maximum Gasteiger partial charge on any atom is 0.335 e. The van der Waals surface area contributed by atoms with Crippen molar-refractivity contribution in [1.82, 2.24) is 4.98 Å². The number of rotatable bonds is 3. The van der Waals surface area contributed by atoms with Crippen molar-refractivity contribution in [1.29, 1.82) is 0 Å². The smallest absolute Gasteiger partial charge is 0.335 e. The third-order valence-corrected chi connectivity index (χ3v) is 4.84. The van der Waals surface area contributed by atoms with Crippen LogP contribution in [0.25, 0.3) is 10.9 Å². The molecule has 3 nitrogen and oxygen atoms in total. The van der Waals surface area contributed by atoms with Gasteiger partial charge in [0.1, 0.15) is 0 Å². The van der Waals surface area contributed by atoms with Gasteiger partial charge in [0.25, 0.3) is 0 Å². The van der Waals surface area contributed by atoms with Gasteiger partial charge in [0.2, 0.25) is 0 Å². The molecular formula is C15H10BrNO2S. The zero-order valence-electron chi connectivity index (χ0n) is 10.3. The minimum Gasteiger partial charge on any atom is -0.478 e. The van der Waals surface area contributed by atoms with E-state index in [0.717, 1.165) is 25.3 Å². The number of benzene rings is 2. The molecule has 0 saturated carbocycles. The summed E-state index contributed by atoms with van der Waals surface area (Å²) in [6.07, 6.45) is 0. The maximum atomic E-state index is 10.9. The Bertz CT molecular complexity index is 764. The number of halogens is 1. The number of H-pyrrole nitrogens is 1. The molecule has 1 heterocycles. The van der Waals surface area contributed by atoms with Gasteiger partial charge in [-0.3, -0.25) is 0 Å². The van der Waals surface area contributed by atoms with Crippen LogP contribution in [0, 0.1) is 0 Å². The van der Waals surface area contributed by atoms with Crippen LogP contribution in [0.2, 0.25) is 0 Å². The van der Waals surface area contributed by atoms with Crippen LogP contribution < -0.4 is 0 Å². The fourth-order valence-electron chi connectivity index (χ4n) is 1.94. The molecule has 0 amide bonds. The monoisotopic (exact) mass is 347 g/mol. The highest BCUT2D eigenvalue weighted by molar-refractivity contribution is 9.10. The number of carboxylic acids is 1. The normalized spacial score (nSPS) is 10.8. The van der Waals surface area contributed by atoms with Gasteiger partial charge >= 0.3 is 5.97 Å². The van der Waals surface area contributed by atoms with Gasteiger partial charge in [-0.15, -0.1) is 0 Å². The summed E-state index contributed by atoms with van der Waals surface area (Å²) in [5.74, 6) is -0.923. The minimum atomic E-state index is -0.923. The fourth-order valence-corrected chi connectivity index (χ4v) is 3.43. The standard InChI is InChI=1S/C15H10BrNO2S/c16-11-7-10(15(18)19)5-6-13(11)20-14-8-9-3-1-2-4-12(9)17-14/h1-8,17H,(H,18,19). The van der Waals surface area contributed by atoms with Gasteiger partial charge in [0.15, 0.2) is 0 Å². The van der Waals surface area contributed by atoms with E-state index in [2.05, 4.69) is 33.0 Å². The van der Waals surface area contributed by atoms with Gasteiger partial charge in [-0.05, 0) is 46.3 Å². The zero-order valence-corrected chi connectivity index (χ0v) is 12.7. The molecule has 0 fully saturated rings. The van der Waals surface area contributed by atoms with Crippen molar-refractivity contribution in [2.24, 2.45) is 0 Å². The third kappa shape index (κ3) is 2.59. The summed E-state index contributed by atoms with van der Waals surface area (Å²) in [5, 5.41) is 11.1. The van der Waals surface area contributed by atoms with E-state index in [1.807, 2.05) is 24.3 Å². The molecule has 0 aliphatic carbocycles. The average molecular weight is 348 g/mol. The van der Waals surface area contributed by atoms with Gasteiger partial charge in [-0.1, -0.05) is 30.0 Å². The van der Waals surface area contributed by atoms with Gasteiger partial charge in [-0.2, -0.15) is 0 Å². The first kappa shape index (κ1) is 13.3. The topological polar surface area (TPSA) is 53.1 Å². The summed E-state index contributed by atoms with van der Waals surface area (Å²) in [6.45, 7) is 0. The fraction of sp³-hybridized carbons (Fsp3) is 0. The third-order valence-electron chi connectivity index (χ3n) is 2.90. The van der Waals surface area contributed by atoms with Crippen LogP contribution in [-0.4, -0.2) is 16.1 Å². The Labute approximate surface area is 128 Å². The second kappa shape index (κ2) is 5.34. The first-order valence-electron chi connectivity index (χ1n) is 5.92. The van der Waals surface area contributed by atoms with Gasteiger partial charge < -0.3 is 10.1 Å². The van der Waals surface area contributed by atoms with Crippen molar-refractivity contribution in [2.45, 2.75) is 9.92 Å². The molecule has 0 aliphatic rings. The second-order valence-electron chi connectivity index (χ2n) is 4.27. The molecule has 0 atom stereocenters. The zero-order chi connectivity index (χ0) is 14.1. The van der Waals surface area contributed by atoms with Crippen molar-refractivity contribution in [2.75, 3.05) is 0 Å². The molecule has 0 unspecified atom stereocenters. The van der Waals surface area contributed by atoms with Crippen LogP contribution in [0.3, 0.4) is 0 Å². The highest BCUT2D eigenvalue weighted by Crippen LogP contribution is 2.35. The Balaban J connectivity index is 1.92. The SMILES string of the molecule is O=C(O)c1ccc(Sc2cc3ccccc3[nH]2)c(Br)c1. The number of hydrogen-bond acceptors (Lipinski definition) is 2. The van der Waals surface area contributed by atoms with Crippen molar-refractivity contribution in [3.8, 4) is 0 Å². The summed E-state index contributed by atoms with van der Waals surface area (Å²) in [5.41, 5.74) is 1.37. The Hall–Kier alpha value is -1.72. The maximum absolute atomic E-state index is 10.9. The molecule has 0 radical (unpaired) electrons. The first-order valence-corrected chi connectivity index (χ1v) is 7.53. The Kier molecular flexibility index (Phi) is 3.54. The molecule has 20 heavy (non-hydrogen) atoms. The second-order valence-corrected chi connectivity index (χ2v) is 6.21. The van der Waals surface area contributed by atoms with Crippen LogP contribution in [-0.2, 0) is 0 Å². The largest absolute Gasteiger partial charge is 0.478 e. The summed E-state index contributed by atoms with van der Waals surface area (Å²) in [6, 6.07) is 15.2. The Morgan fingerprint density at radius 3 is 2.65 bits per heavy atom. The lowest BCUT2D eigenvalue weighted by atomic mass is 10.2. The number of fused-ring (bicyclic) bond motifs is 1. The number of aromatic carboxylic acids is 1. The average Bonchev–Trinajstić information content (AvgIpc) is 2.83. The van der Waals surface area contributed by atoms with Crippen molar-refractivity contribution in [3.05, 3.63) is 58.6 Å². The van der Waals surface area contributed by atoms with Crippen LogP contribution in [0.4, 0.5) is 0 Å². The van der Waals surface area contributed by atoms with Gasteiger partial charge in [-0.25, -0.2) is 4.79 Å². The highest BCUT2D eigenvalue weighted by atomic mass is 79.9. The molecule has 3 rings (SSSR count). The molecule has 1 aromatic heterocycles. The number of carbonyl (C=O) groups is 1. The molecular weight excluding hydrogens is 338 g/mol. The lowest BCUT2D eigenvalue weighted by Gasteiger charge is -2.03. The number of aromatic nitrogens is 1. The van der Waals surface area contributed by atoms with E-state index in [4.69, 9.17) is 5.11 Å². The Morgan fingerprint density at radius 1 is 1.15 bits per heavy atom. The predicted molar refractivity (Wildman–Crippen MR) is 83.5 cm³/mol. The molecule has 0 saturated heterocycles. The van der Waals surface area contributed by atoms with E-state index >= 15 is 0 Å². The number of hydrogen-bond donors (Lipinski definition) is 2. The van der Waals surface area contributed by atoms with Crippen molar-refractivity contribution in [3.63, 3.8) is 0 Å². The lowest BCUT2D eigenvalue weighted by Crippen LogP contribution is -1.95. The van der Waals surface area contributed by atoms with Crippen molar-refractivity contribution < 1.29 is 9.90 Å². The molecule has 5 heteroatoms. The number of nitrogens with one attached hydrogen (secondary N) is 1.